The molecule has 2 nitrogen and oxygen atoms in total. The number of halogens is 3. The first-order valence-corrected chi connectivity index (χ1v) is 5.46. The molecule has 5 heteroatoms. The summed E-state index contributed by atoms with van der Waals surface area (Å²) in [5, 5.41) is 3.34. The van der Waals surface area contributed by atoms with Gasteiger partial charge < -0.3 is 10.1 Å². The monoisotopic (exact) mass is 225 g/mol. The van der Waals surface area contributed by atoms with Gasteiger partial charge in [0.25, 0.3) is 0 Å². The lowest BCUT2D eigenvalue weighted by atomic mass is 10.3. The summed E-state index contributed by atoms with van der Waals surface area (Å²) >= 11 is 0. The maximum absolute atomic E-state index is 11.7. The molecule has 0 atom stereocenters. The first-order valence-electron chi connectivity index (χ1n) is 5.46. The van der Waals surface area contributed by atoms with Crippen LogP contribution in [0.2, 0.25) is 0 Å². The third-order valence-corrected chi connectivity index (χ3v) is 2.26. The SMILES string of the molecule is FC(F)(F)CCOCCCCNC1CC1. The van der Waals surface area contributed by atoms with Crippen LogP contribution in [0.1, 0.15) is 32.1 Å². The molecular formula is C10H18F3NO. The Morgan fingerprint density at radius 1 is 1.13 bits per heavy atom. The van der Waals surface area contributed by atoms with Gasteiger partial charge in [-0.15, -0.1) is 0 Å². The summed E-state index contributed by atoms with van der Waals surface area (Å²) in [5.41, 5.74) is 0. The maximum Gasteiger partial charge on any atom is 0.391 e. The van der Waals surface area contributed by atoms with E-state index in [1.165, 1.54) is 12.8 Å². The van der Waals surface area contributed by atoms with Crippen LogP contribution in [0.15, 0.2) is 0 Å². The van der Waals surface area contributed by atoms with Crippen molar-refractivity contribution in [2.24, 2.45) is 0 Å². The summed E-state index contributed by atoms with van der Waals surface area (Å²) in [6.45, 7) is 1.18. The van der Waals surface area contributed by atoms with Gasteiger partial charge in [-0.2, -0.15) is 13.2 Å². The van der Waals surface area contributed by atoms with Gasteiger partial charge >= 0.3 is 6.18 Å². The summed E-state index contributed by atoms with van der Waals surface area (Å²) in [4.78, 5) is 0. The van der Waals surface area contributed by atoms with Crippen LogP contribution in [0.25, 0.3) is 0 Å². The Hall–Kier alpha value is -0.290. The molecule has 15 heavy (non-hydrogen) atoms. The molecule has 0 radical (unpaired) electrons. The zero-order valence-electron chi connectivity index (χ0n) is 8.78. The van der Waals surface area contributed by atoms with E-state index in [1.54, 1.807) is 0 Å². The van der Waals surface area contributed by atoms with Crippen molar-refractivity contribution in [1.29, 1.82) is 0 Å². The fourth-order valence-corrected chi connectivity index (χ4v) is 1.21. The Labute approximate surface area is 88.2 Å². The van der Waals surface area contributed by atoms with Gasteiger partial charge in [-0.1, -0.05) is 0 Å². The molecule has 0 spiro atoms. The molecule has 1 aliphatic carbocycles. The molecule has 1 N–H and O–H groups in total. The van der Waals surface area contributed by atoms with Crippen molar-refractivity contribution in [3.8, 4) is 0 Å². The Kier molecular flexibility index (Phi) is 5.39. The van der Waals surface area contributed by atoms with Crippen LogP contribution < -0.4 is 5.32 Å². The molecule has 1 saturated carbocycles. The van der Waals surface area contributed by atoms with Gasteiger partial charge in [-0.05, 0) is 32.2 Å². The van der Waals surface area contributed by atoms with E-state index in [9.17, 15) is 13.2 Å². The highest BCUT2D eigenvalue weighted by Gasteiger charge is 2.26. The number of hydrogen-bond donors (Lipinski definition) is 1. The van der Waals surface area contributed by atoms with Crippen molar-refractivity contribution in [1.82, 2.24) is 5.32 Å². The van der Waals surface area contributed by atoms with Crippen molar-refractivity contribution in [2.45, 2.75) is 44.3 Å². The van der Waals surface area contributed by atoms with E-state index in [0.717, 1.165) is 19.4 Å². The summed E-state index contributed by atoms with van der Waals surface area (Å²) in [5.74, 6) is 0. The van der Waals surface area contributed by atoms with Crippen LogP contribution in [0.5, 0.6) is 0 Å². The normalized spacial score (nSPS) is 17.0. The number of nitrogens with one attached hydrogen (secondary N) is 1. The molecule has 0 bridgehead atoms. The average Bonchev–Trinajstić information content (AvgIpc) is 2.91. The lowest BCUT2D eigenvalue weighted by molar-refractivity contribution is -0.145. The van der Waals surface area contributed by atoms with Gasteiger partial charge in [-0.25, -0.2) is 0 Å². The Morgan fingerprint density at radius 2 is 1.87 bits per heavy atom. The van der Waals surface area contributed by atoms with Crippen molar-refractivity contribution < 1.29 is 17.9 Å². The number of hydrogen-bond acceptors (Lipinski definition) is 2. The molecule has 0 aromatic heterocycles. The summed E-state index contributed by atoms with van der Waals surface area (Å²) in [6, 6.07) is 0.705. The van der Waals surface area contributed by atoms with Gasteiger partial charge in [0.05, 0.1) is 13.0 Å². The fraction of sp³-hybridized carbons (Fsp3) is 1.00. The molecule has 0 saturated heterocycles. The Balaban J connectivity index is 1.72. The van der Waals surface area contributed by atoms with E-state index in [1.807, 2.05) is 0 Å². The molecule has 1 aliphatic rings. The van der Waals surface area contributed by atoms with Crippen molar-refractivity contribution in [3.63, 3.8) is 0 Å². The second-order valence-corrected chi connectivity index (χ2v) is 3.91. The van der Waals surface area contributed by atoms with Crippen LogP contribution in [0.4, 0.5) is 13.2 Å². The summed E-state index contributed by atoms with van der Waals surface area (Å²) < 4.78 is 40.0. The largest absolute Gasteiger partial charge is 0.391 e. The summed E-state index contributed by atoms with van der Waals surface area (Å²) in [7, 11) is 0. The number of unbranched alkanes of at least 4 members (excludes halogenated alkanes) is 1. The van der Waals surface area contributed by atoms with E-state index in [2.05, 4.69) is 5.32 Å². The van der Waals surface area contributed by atoms with E-state index in [4.69, 9.17) is 4.74 Å². The van der Waals surface area contributed by atoms with Crippen LogP contribution in [-0.2, 0) is 4.74 Å². The van der Waals surface area contributed by atoms with Crippen molar-refractivity contribution in [2.75, 3.05) is 19.8 Å². The molecule has 0 amide bonds. The van der Waals surface area contributed by atoms with E-state index in [-0.39, 0.29) is 6.61 Å². The first kappa shape index (κ1) is 12.8. The molecular weight excluding hydrogens is 207 g/mol. The highest BCUT2D eigenvalue weighted by molar-refractivity contribution is 4.80. The van der Waals surface area contributed by atoms with Crippen LogP contribution in [0.3, 0.4) is 0 Å². The van der Waals surface area contributed by atoms with Gasteiger partial charge in [0, 0.05) is 12.6 Å². The van der Waals surface area contributed by atoms with Gasteiger partial charge in [0.1, 0.15) is 0 Å². The molecule has 0 heterocycles. The van der Waals surface area contributed by atoms with Gasteiger partial charge in [-0.3, -0.25) is 0 Å². The Morgan fingerprint density at radius 3 is 2.47 bits per heavy atom. The second-order valence-electron chi connectivity index (χ2n) is 3.91. The molecule has 1 rings (SSSR count). The smallest absolute Gasteiger partial charge is 0.381 e. The molecule has 0 unspecified atom stereocenters. The number of alkyl halides is 3. The highest BCUT2D eigenvalue weighted by Crippen LogP contribution is 2.19. The predicted octanol–water partition coefficient (Wildman–Crippen LogP) is 2.49. The lowest BCUT2D eigenvalue weighted by Gasteiger charge is -2.07. The maximum atomic E-state index is 11.7. The molecule has 1 fully saturated rings. The quantitative estimate of drug-likeness (QED) is 0.641. The van der Waals surface area contributed by atoms with E-state index >= 15 is 0 Å². The Bertz CT molecular complexity index is 169. The van der Waals surface area contributed by atoms with Crippen LogP contribution in [-0.4, -0.2) is 32.0 Å². The topological polar surface area (TPSA) is 21.3 Å². The fourth-order valence-electron chi connectivity index (χ4n) is 1.21. The minimum Gasteiger partial charge on any atom is -0.381 e. The van der Waals surface area contributed by atoms with Gasteiger partial charge in [0.15, 0.2) is 0 Å². The molecule has 90 valence electrons. The molecule has 0 aromatic carbocycles. The van der Waals surface area contributed by atoms with E-state index < -0.39 is 12.6 Å². The van der Waals surface area contributed by atoms with Gasteiger partial charge in [0.2, 0.25) is 0 Å². The third-order valence-electron chi connectivity index (χ3n) is 2.26. The van der Waals surface area contributed by atoms with Crippen LogP contribution in [0, 0.1) is 0 Å². The molecule has 0 aliphatic heterocycles. The minimum atomic E-state index is -4.09. The lowest BCUT2D eigenvalue weighted by Crippen LogP contribution is -2.18. The third kappa shape index (κ3) is 8.69. The summed E-state index contributed by atoms with van der Waals surface area (Å²) in [6.07, 6.45) is -0.592. The first-order chi connectivity index (χ1) is 7.08. The number of rotatable bonds is 8. The zero-order chi connectivity index (χ0) is 11.1. The number of ether oxygens (including phenoxy) is 1. The van der Waals surface area contributed by atoms with Crippen molar-refractivity contribution >= 4 is 0 Å². The second kappa shape index (κ2) is 6.33. The standard InChI is InChI=1S/C10H18F3NO/c11-10(12,13)5-8-15-7-2-1-6-14-9-3-4-9/h9,14H,1-8H2. The minimum absolute atomic E-state index is 0.209. The zero-order valence-corrected chi connectivity index (χ0v) is 8.78. The average molecular weight is 225 g/mol. The molecule has 0 aromatic rings. The highest BCUT2D eigenvalue weighted by atomic mass is 19.4. The van der Waals surface area contributed by atoms with E-state index in [0.29, 0.717) is 12.6 Å². The van der Waals surface area contributed by atoms with Crippen molar-refractivity contribution in [3.05, 3.63) is 0 Å². The van der Waals surface area contributed by atoms with Crippen LogP contribution >= 0.6 is 0 Å². The predicted molar refractivity (Wildman–Crippen MR) is 51.7 cm³/mol.